The second-order valence-corrected chi connectivity index (χ2v) is 13.3. The van der Waals surface area contributed by atoms with Crippen molar-refractivity contribution in [3.8, 4) is 0 Å². The number of piperidine rings is 2. The minimum Gasteiger partial charge on any atom is -0.469 e. The first kappa shape index (κ1) is 47.5. The first-order chi connectivity index (χ1) is 23.8. The standard InChI is InChI=1S/C18H35NO6.C8H11NO4.C6H7NO4.C2H6/c1-16(2,13-20)24-18(25-17(3,4)14-21)8-11-19(12-9-18)10-6-7-15(22)23-5;1-5(2)8(12)13-9-6(10)3-4-7(9)11;8-4-11-7-5(9)2-1-3-6(7)10;1-2/h20-21H,6-14H2,1-5H3;5H,3-4H2,1-2H3;4H,1-3H2;1-2H3. The van der Waals surface area contributed by atoms with E-state index in [0.717, 1.165) is 26.1 Å². The number of carbonyl (C=O) groups is 7. The molecule has 294 valence electrons. The normalized spacial score (nSPS) is 17.7. The number of likely N-dealkylation sites (tertiary alicyclic amines) is 1. The van der Waals surface area contributed by atoms with Crippen LogP contribution < -0.4 is 0 Å². The zero-order valence-electron chi connectivity index (χ0n) is 31.7. The molecule has 3 heterocycles. The highest BCUT2D eigenvalue weighted by Gasteiger charge is 2.44. The second-order valence-electron chi connectivity index (χ2n) is 13.3. The minimum atomic E-state index is -0.836. The van der Waals surface area contributed by atoms with E-state index in [9.17, 15) is 43.8 Å². The molecular weight excluding hydrogens is 674 g/mol. The summed E-state index contributed by atoms with van der Waals surface area (Å²) in [6.45, 7) is 16.8. The van der Waals surface area contributed by atoms with Crippen LogP contribution in [-0.2, 0) is 57.4 Å². The molecule has 0 bridgehead atoms. The Kier molecular flexibility index (Phi) is 21.5. The Hall–Kier alpha value is -3.51. The van der Waals surface area contributed by atoms with Crippen molar-refractivity contribution in [2.45, 2.75) is 130 Å². The quantitative estimate of drug-likeness (QED) is 0.113. The van der Waals surface area contributed by atoms with Gasteiger partial charge in [0.05, 0.1) is 37.4 Å². The summed E-state index contributed by atoms with van der Waals surface area (Å²) in [5.74, 6) is -3.73. The maximum atomic E-state index is 11.2. The van der Waals surface area contributed by atoms with Crippen molar-refractivity contribution in [2.24, 2.45) is 5.92 Å². The van der Waals surface area contributed by atoms with Crippen molar-refractivity contribution in [1.29, 1.82) is 0 Å². The number of hydroxylamine groups is 4. The molecule has 51 heavy (non-hydrogen) atoms. The molecule has 3 saturated heterocycles. The highest BCUT2D eigenvalue weighted by Crippen LogP contribution is 2.36. The number of hydrogen-bond acceptors (Lipinski definition) is 15. The van der Waals surface area contributed by atoms with Crippen LogP contribution in [0.1, 0.15) is 113 Å². The summed E-state index contributed by atoms with van der Waals surface area (Å²) < 4.78 is 17.0. The van der Waals surface area contributed by atoms with Crippen LogP contribution in [0.5, 0.6) is 0 Å². The number of ether oxygens (including phenoxy) is 3. The van der Waals surface area contributed by atoms with Gasteiger partial charge in [-0.3, -0.25) is 28.8 Å². The Labute approximate surface area is 300 Å². The van der Waals surface area contributed by atoms with Gasteiger partial charge in [0.1, 0.15) is 0 Å². The van der Waals surface area contributed by atoms with Crippen LogP contribution in [0.25, 0.3) is 0 Å². The van der Waals surface area contributed by atoms with E-state index in [4.69, 9.17) is 9.47 Å². The number of amides is 4. The summed E-state index contributed by atoms with van der Waals surface area (Å²) in [5.41, 5.74) is -1.45. The zero-order chi connectivity index (χ0) is 39.4. The third-order valence-corrected chi connectivity index (χ3v) is 7.43. The van der Waals surface area contributed by atoms with Gasteiger partial charge in [-0.2, -0.15) is 0 Å². The molecule has 0 radical (unpaired) electrons. The highest BCUT2D eigenvalue weighted by atomic mass is 16.7. The lowest BCUT2D eigenvalue weighted by Crippen LogP contribution is -2.56. The Morgan fingerprint density at radius 1 is 0.824 bits per heavy atom. The van der Waals surface area contributed by atoms with Crippen molar-refractivity contribution >= 4 is 42.0 Å². The van der Waals surface area contributed by atoms with E-state index < -0.39 is 46.6 Å². The Morgan fingerprint density at radius 3 is 1.67 bits per heavy atom. The Morgan fingerprint density at radius 2 is 1.27 bits per heavy atom. The predicted octanol–water partition coefficient (Wildman–Crippen LogP) is 2.20. The van der Waals surface area contributed by atoms with Crippen LogP contribution in [0.2, 0.25) is 0 Å². The van der Waals surface area contributed by atoms with Gasteiger partial charge in [-0.05, 0) is 47.1 Å². The molecule has 3 fully saturated rings. The van der Waals surface area contributed by atoms with Crippen LogP contribution in [0.3, 0.4) is 0 Å². The number of nitrogens with zero attached hydrogens (tertiary/aromatic N) is 3. The van der Waals surface area contributed by atoms with Crippen molar-refractivity contribution < 1.29 is 67.7 Å². The van der Waals surface area contributed by atoms with E-state index in [1.54, 1.807) is 13.8 Å². The van der Waals surface area contributed by atoms with Gasteiger partial charge in [-0.25, -0.2) is 4.79 Å². The molecule has 2 N–H and O–H groups in total. The van der Waals surface area contributed by atoms with E-state index in [2.05, 4.69) is 19.3 Å². The Bertz CT molecular complexity index is 1100. The number of esters is 1. The molecular formula is C34H59N3O14. The number of aliphatic hydroxyl groups is 2. The molecule has 0 aromatic carbocycles. The fraction of sp³-hybridized carbons (Fsp3) is 0.794. The van der Waals surface area contributed by atoms with Gasteiger partial charge in [-0.1, -0.05) is 27.7 Å². The van der Waals surface area contributed by atoms with Crippen molar-refractivity contribution in [1.82, 2.24) is 15.0 Å². The topological polar surface area (TPSA) is 216 Å². The molecule has 0 spiro atoms. The number of carbonyl (C=O) groups excluding carboxylic acids is 7. The van der Waals surface area contributed by atoms with Gasteiger partial charge in [0.2, 0.25) is 0 Å². The minimum absolute atomic E-state index is 0.0706. The predicted molar refractivity (Wildman–Crippen MR) is 180 cm³/mol. The third-order valence-electron chi connectivity index (χ3n) is 7.43. The molecule has 17 heteroatoms. The van der Waals surface area contributed by atoms with E-state index in [0.29, 0.717) is 35.8 Å². The highest BCUT2D eigenvalue weighted by molar-refractivity contribution is 6.01. The number of rotatable bonds is 14. The average molecular weight is 734 g/mol. The number of aliphatic hydroxyl groups excluding tert-OH is 2. The van der Waals surface area contributed by atoms with Gasteiger partial charge >= 0.3 is 18.4 Å². The summed E-state index contributed by atoms with van der Waals surface area (Å²) in [6, 6.07) is 0. The fourth-order valence-electron chi connectivity index (χ4n) is 4.71. The molecule has 4 amide bonds. The zero-order valence-corrected chi connectivity index (χ0v) is 31.7. The van der Waals surface area contributed by atoms with E-state index in [1.165, 1.54) is 7.11 Å². The first-order valence-electron chi connectivity index (χ1n) is 17.3. The van der Waals surface area contributed by atoms with Crippen LogP contribution in [-0.4, -0.2) is 124 Å². The van der Waals surface area contributed by atoms with Crippen LogP contribution >= 0.6 is 0 Å². The molecule has 3 rings (SSSR count). The molecule has 17 nitrogen and oxygen atoms in total. The molecule has 0 aliphatic carbocycles. The molecule has 0 aromatic heterocycles. The maximum absolute atomic E-state index is 11.2. The summed E-state index contributed by atoms with van der Waals surface area (Å²) in [7, 11) is 1.40. The lowest BCUT2D eigenvalue weighted by molar-refractivity contribution is -0.338. The molecule has 0 unspecified atom stereocenters. The molecule has 0 saturated carbocycles. The second kappa shape index (κ2) is 23.1. The first-order valence-corrected chi connectivity index (χ1v) is 17.3. The number of hydrogen-bond donors (Lipinski definition) is 2. The van der Waals surface area contributed by atoms with E-state index in [1.807, 2.05) is 41.5 Å². The third kappa shape index (κ3) is 17.5. The van der Waals surface area contributed by atoms with Gasteiger partial charge in [-0.15, -0.1) is 10.1 Å². The molecule has 0 aromatic rings. The largest absolute Gasteiger partial charge is 0.469 e. The molecule has 3 aliphatic heterocycles. The van der Waals surface area contributed by atoms with Crippen molar-refractivity contribution in [2.75, 3.05) is 40.0 Å². The van der Waals surface area contributed by atoms with Gasteiger partial charge in [0.15, 0.2) is 5.79 Å². The Balaban J connectivity index is 0.000000800. The van der Waals surface area contributed by atoms with Crippen molar-refractivity contribution in [3.63, 3.8) is 0 Å². The fourth-order valence-corrected chi connectivity index (χ4v) is 4.71. The lowest BCUT2D eigenvalue weighted by atomic mass is 9.99. The summed E-state index contributed by atoms with van der Waals surface area (Å²) >= 11 is 0. The smallest absolute Gasteiger partial charge is 0.335 e. The lowest BCUT2D eigenvalue weighted by Gasteiger charge is -2.48. The van der Waals surface area contributed by atoms with Crippen molar-refractivity contribution in [3.05, 3.63) is 0 Å². The number of imide groups is 2. The SMILES string of the molecule is CC.CC(C)C(=O)ON1C(=O)CCC1=O.COC(=O)CCCN1CCC(OC(C)(C)CO)(OC(C)(C)CO)CC1.O=CON1C(=O)CCCC1=O. The van der Waals surface area contributed by atoms with E-state index >= 15 is 0 Å². The molecule has 3 aliphatic rings. The monoisotopic (exact) mass is 733 g/mol. The summed E-state index contributed by atoms with van der Waals surface area (Å²) in [5, 5.41) is 20.2. The van der Waals surface area contributed by atoms with Gasteiger partial charge < -0.3 is 39.0 Å². The van der Waals surface area contributed by atoms with Crippen LogP contribution in [0.4, 0.5) is 0 Å². The van der Waals surface area contributed by atoms with Gasteiger partial charge in [0.25, 0.3) is 23.6 Å². The number of methoxy groups -OCH3 is 1. The summed E-state index contributed by atoms with van der Waals surface area (Å²) in [4.78, 5) is 86.6. The van der Waals surface area contributed by atoms with Gasteiger partial charge in [0, 0.05) is 58.0 Å². The molecule has 0 atom stereocenters. The van der Waals surface area contributed by atoms with Crippen LogP contribution in [0, 0.1) is 5.92 Å². The average Bonchev–Trinajstić information content (AvgIpc) is 3.40. The van der Waals surface area contributed by atoms with Crippen LogP contribution in [0.15, 0.2) is 0 Å². The maximum Gasteiger partial charge on any atom is 0.335 e. The summed E-state index contributed by atoms with van der Waals surface area (Å²) in [6.07, 6.45) is 3.77. The van der Waals surface area contributed by atoms with E-state index in [-0.39, 0.29) is 57.3 Å².